The van der Waals surface area contributed by atoms with E-state index in [-0.39, 0.29) is 10.6 Å². The largest absolute Gasteiger partial charge is 0.480 e. The van der Waals surface area contributed by atoms with Crippen LogP contribution in [0.25, 0.3) is 0 Å². The van der Waals surface area contributed by atoms with Crippen LogP contribution >= 0.6 is 11.6 Å². The van der Waals surface area contributed by atoms with Gasteiger partial charge in [0.15, 0.2) is 0 Å². The van der Waals surface area contributed by atoms with E-state index in [0.717, 1.165) is 11.0 Å². The summed E-state index contributed by atoms with van der Waals surface area (Å²) in [5, 5.41) is 8.99. The molecule has 1 fully saturated rings. The Bertz CT molecular complexity index is 486. The molecule has 1 saturated heterocycles. The standard InChI is InChI=1S/C12H11ClFNO3/c13-7-3-1-4-8(14)10(7)11(16)15-6-2-5-9(15)12(17)18/h1,3-4,9H,2,5-6H2,(H,17,18). The van der Waals surface area contributed by atoms with Crippen molar-refractivity contribution in [2.75, 3.05) is 6.54 Å². The van der Waals surface area contributed by atoms with E-state index in [1.807, 2.05) is 0 Å². The number of carboxylic acid groups (broad SMARTS) is 1. The van der Waals surface area contributed by atoms with Gasteiger partial charge in [0.1, 0.15) is 11.9 Å². The summed E-state index contributed by atoms with van der Waals surface area (Å²) in [6, 6.07) is 3.04. The molecule has 6 heteroatoms. The summed E-state index contributed by atoms with van der Waals surface area (Å²) in [6.07, 6.45) is 0.974. The first-order chi connectivity index (χ1) is 8.52. The molecule has 1 N–H and O–H groups in total. The minimum atomic E-state index is -1.08. The molecule has 0 saturated carbocycles. The van der Waals surface area contributed by atoms with E-state index in [4.69, 9.17) is 16.7 Å². The van der Waals surface area contributed by atoms with Gasteiger partial charge in [-0.25, -0.2) is 9.18 Å². The molecule has 1 heterocycles. The van der Waals surface area contributed by atoms with Gasteiger partial charge < -0.3 is 10.0 Å². The van der Waals surface area contributed by atoms with Crippen LogP contribution in [0.3, 0.4) is 0 Å². The number of carbonyl (C=O) groups excluding carboxylic acids is 1. The van der Waals surface area contributed by atoms with Crippen LogP contribution in [0.4, 0.5) is 4.39 Å². The molecule has 1 aromatic carbocycles. The number of halogens is 2. The molecule has 1 unspecified atom stereocenters. The van der Waals surface area contributed by atoms with Crippen molar-refractivity contribution in [2.45, 2.75) is 18.9 Å². The zero-order valence-electron chi connectivity index (χ0n) is 9.40. The number of rotatable bonds is 2. The van der Waals surface area contributed by atoms with Crippen LogP contribution in [0.1, 0.15) is 23.2 Å². The van der Waals surface area contributed by atoms with Gasteiger partial charge in [0.2, 0.25) is 0 Å². The van der Waals surface area contributed by atoms with Crippen molar-refractivity contribution in [3.8, 4) is 0 Å². The Kier molecular flexibility index (Phi) is 3.52. The van der Waals surface area contributed by atoms with Gasteiger partial charge in [0, 0.05) is 6.54 Å². The number of hydrogen-bond donors (Lipinski definition) is 1. The Labute approximate surface area is 108 Å². The lowest BCUT2D eigenvalue weighted by molar-refractivity contribution is -0.141. The number of amides is 1. The summed E-state index contributed by atoms with van der Waals surface area (Å²) in [7, 11) is 0. The van der Waals surface area contributed by atoms with Crippen LogP contribution in [0.5, 0.6) is 0 Å². The molecule has 1 atom stereocenters. The first kappa shape index (κ1) is 12.8. The number of carbonyl (C=O) groups is 2. The van der Waals surface area contributed by atoms with Gasteiger partial charge in [-0.05, 0) is 25.0 Å². The maximum absolute atomic E-state index is 13.6. The number of likely N-dealkylation sites (tertiary alicyclic amines) is 1. The summed E-state index contributed by atoms with van der Waals surface area (Å²) in [5.41, 5.74) is -0.257. The number of benzene rings is 1. The SMILES string of the molecule is O=C(O)C1CCCN1C(=O)c1c(F)cccc1Cl. The van der Waals surface area contributed by atoms with E-state index in [1.54, 1.807) is 0 Å². The van der Waals surface area contributed by atoms with Gasteiger partial charge in [-0.15, -0.1) is 0 Å². The molecule has 4 nitrogen and oxygen atoms in total. The minimum absolute atomic E-state index is 0.00367. The molecule has 0 spiro atoms. The Morgan fingerprint density at radius 1 is 1.44 bits per heavy atom. The number of carboxylic acids is 1. The Morgan fingerprint density at radius 3 is 2.78 bits per heavy atom. The highest BCUT2D eigenvalue weighted by atomic mass is 35.5. The predicted molar refractivity (Wildman–Crippen MR) is 63.1 cm³/mol. The molecule has 18 heavy (non-hydrogen) atoms. The average molecular weight is 272 g/mol. The minimum Gasteiger partial charge on any atom is -0.480 e. The van der Waals surface area contributed by atoms with Gasteiger partial charge in [-0.1, -0.05) is 17.7 Å². The lowest BCUT2D eigenvalue weighted by Gasteiger charge is -2.22. The predicted octanol–water partition coefficient (Wildman–Crippen LogP) is 2.17. The van der Waals surface area contributed by atoms with Crippen LogP contribution in [0.2, 0.25) is 5.02 Å². The molecular formula is C12H11ClFNO3. The molecule has 2 rings (SSSR count). The van der Waals surface area contributed by atoms with Crippen LogP contribution in [-0.4, -0.2) is 34.5 Å². The fourth-order valence-corrected chi connectivity index (χ4v) is 2.36. The zero-order valence-corrected chi connectivity index (χ0v) is 10.2. The lowest BCUT2D eigenvalue weighted by Crippen LogP contribution is -2.40. The quantitative estimate of drug-likeness (QED) is 0.897. The summed E-state index contributed by atoms with van der Waals surface area (Å²) >= 11 is 5.80. The maximum Gasteiger partial charge on any atom is 0.326 e. The van der Waals surface area contributed by atoms with Gasteiger partial charge in [-0.2, -0.15) is 0 Å². The van der Waals surface area contributed by atoms with Crippen LogP contribution in [0, 0.1) is 5.82 Å². The van der Waals surface area contributed by atoms with E-state index in [1.165, 1.54) is 12.1 Å². The third-order valence-corrected chi connectivity index (χ3v) is 3.29. The van der Waals surface area contributed by atoms with Crippen LogP contribution < -0.4 is 0 Å². The topological polar surface area (TPSA) is 57.6 Å². The second-order valence-corrected chi connectivity index (χ2v) is 4.50. The molecule has 1 aliphatic rings. The molecule has 0 aliphatic carbocycles. The van der Waals surface area contributed by atoms with Gasteiger partial charge in [0.25, 0.3) is 5.91 Å². The van der Waals surface area contributed by atoms with Crippen molar-refractivity contribution >= 4 is 23.5 Å². The van der Waals surface area contributed by atoms with Gasteiger partial charge in [-0.3, -0.25) is 4.79 Å². The second-order valence-electron chi connectivity index (χ2n) is 4.09. The first-order valence-electron chi connectivity index (χ1n) is 5.50. The molecule has 0 aromatic heterocycles. The smallest absolute Gasteiger partial charge is 0.326 e. The Hall–Kier alpha value is -1.62. The Morgan fingerprint density at radius 2 is 2.17 bits per heavy atom. The lowest BCUT2D eigenvalue weighted by atomic mass is 10.1. The van der Waals surface area contributed by atoms with Crippen molar-refractivity contribution < 1.29 is 19.1 Å². The van der Waals surface area contributed by atoms with E-state index in [2.05, 4.69) is 0 Å². The number of aliphatic carboxylic acids is 1. The summed E-state index contributed by atoms with van der Waals surface area (Å²) in [6.45, 7) is 0.306. The summed E-state index contributed by atoms with van der Waals surface area (Å²) in [4.78, 5) is 24.3. The Balaban J connectivity index is 2.34. The third-order valence-electron chi connectivity index (χ3n) is 2.98. The molecule has 1 aliphatic heterocycles. The highest BCUT2D eigenvalue weighted by Gasteiger charge is 2.36. The number of hydrogen-bond acceptors (Lipinski definition) is 2. The van der Waals surface area contributed by atoms with Crippen LogP contribution in [0.15, 0.2) is 18.2 Å². The fourth-order valence-electron chi connectivity index (χ4n) is 2.11. The highest BCUT2D eigenvalue weighted by Crippen LogP contribution is 2.25. The first-order valence-corrected chi connectivity index (χ1v) is 5.88. The van der Waals surface area contributed by atoms with Crippen molar-refractivity contribution in [3.63, 3.8) is 0 Å². The van der Waals surface area contributed by atoms with Gasteiger partial charge in [0.05, 0.1) is 10.6 Å². The molecule has 0 bridgehead atoms. The summed E-state index contributed by atoms with van der Waals surface area (Å²) in [5.74, 6) is -2.47. The highest BCUT2D eigenvalue weighted by molar-refractivity contribution is 6.33. The normalized spacial score (nSPS) is 19.0. The van der Waals surface area contributed by atoms with E-state index >= 15 is 0 Å². The van der Waals surface area contributed by atoms with E-state index in [0.29, 0.717) is 19.4 Å². The second kappa shape index (κ2) is 4.94. The molecule has 0 radical (unpaired) electrons. The fraction of sp³-hybridized carbons (Fsp3) is 0.333. The van der Waals surface area contributed by atoms with Crippen molar-refractivity contribution in [3.05, 3.63) is 34.6 Å². The van der Waals surface area contributed by atoms with E-state index < -0.39 is 23.7 Å². The van der Waals surface area contributed by atoms with Crippen molar-refractivity contribution in [2.24, 2.45) is 0 Å². The maximum atomic E-state index is 13.6. The third kappa shape index (κ3) is 2.18. The molecule has 1 amide bonds. The average Bonchev–Trinajstić information content (AvgIpc) is 2.77. The van der Waals surface area contributed by atoms with Gasteiger partial charge >= 0.3 is 5.97 Å². The van der Waals surface area contributed by atoms with Crippen molar-refractivity contribution in [1.82, 2.24) is 4.90 Å². The monoisotopic (exact) mass is 271 g/mol. The molecular weight excluding hydrogens is 261 g/mol. The zero-order chi connectivity index (χ0) is 13.3. The molecule has 1 aromatic rings. The van der Waals surface area contributed by atoms with Crippen molar-refractivity contribution in [1.29, 1.82) is 0 Å². The summed E-state index contributed by atoms with van der Waals surface area (Å²) < 4.78 is 13.6. The molecule has 96 valence electrons. The number of nitrogens with zero attached hydrogens (tertiary/aromatic N) is 1. The van der Waals surface area contributed by atoms with E-state index in [9.17, 15) is 14.0 Å². The van der Waals surface area contributed by atoms with Crippen LogP contribution in [-0.2, 0) is 4.79 Å².